The first kappa shape index (κ1) is 26.7. The summed E-state index contributed by atoms with van der Waals surface area (Å²) < 4.78 is 46.2. The number of halogens is 3. The van der Waals surface area contributed by atoms with Crippen LogP contribution >= 0.6 is 0 Å². The van der Waals surface area contributed by atoms with Crippen molar-refractivity contribution in [3.05, 3.63) is 0 Å². The fraction of sp³-hybridized carbons (Fsp3) is 0.926. The SMILES string of the molecule is C[C@@H]([C@H]1CC[C@H]2[C@@H]3CC[C@@H]4C[C@@](O)(C(F)(F)F)CC[C@]4(C)[C@H]3CC[C@]12C)[C@@H](C)OC(=O)CC(=O)O. The third-order valence-corrected chi connectivity index (χ3v) is 11.3. The van der Waals surface area contributed by atoms with Crippen LogP contribution in [-0.4, -0.2) is 40.0 Å². The van der Waals surface area contributed by atoms with Crippen molar-refractivity contribution in [2.45, 2.75) is 110 Å². The largest absolute Gasteiger partial charge is 0.481 e. The van der Waals surface area contributed by atoms with Crippen LogP contribution in [0.4, 0.5) is 13.2 Å². The van der Waals surface area contributed by atoms with Crippen LogP contribution in [0.2, 0.25) is 0 Å². The lowest BCUT2D eigenvalue weighted by atomic mass is 9.43. The molecule has 4 saturated carbocycles. The zero-order valence-corrected chi connectivity index (χ0v) is 21.4. The molecule has 200 valence electrons. The molecule has 0 aromatic carbocycles. The molecule has 0 aromatic rings. The van der Waals surface area contributed by atoms with E-state index < -0.39 is 30.1 Å². The van der Waals surface area contributed by atoms with E-state index in [1.54, 1.807) is 0 Å². The Balaban J connectivity index is 1.47. The summed E-state index contributed by atoms with van der Waals surface area (Å²) in [4.78, 5) is 22.7. The Labute approximate surface area is 206 Å². The number of hydrogen-bond acceptors (Lipinski definition) is 4. The van der Waals surface area contributed by atoms with Gasteiger partial charge in [-0.25, -0.2) is 0 Å². The molecular weight excluding hydrogens is 461 g/mol. The van der Waals surface area contributed by atoms with Crippen molar-refractivity contribution in [3.8, 4) is 0 Å². The van der Waals surface area contributed by atoms with Crippen molar-refractivity contribution < 1.29 is 37.7 Å². The van der Waals surface area contributed by atoms with Gasteiger partial charge in [0.25, 0.3) is 0 Å². The zero-order chi connectivity index (χ0) is 26.0. The number of esters is 1. The Morgan fingerprint density at radius 1 is 0.971 bits per heavy atom. The van der Waals surface area contributed by atoms with Gasteiger partial charge in [0.2, 0.25) is 0 Å². The topological polar surface area (TPSA) is 83.8 Å². The third kappa shape index (κ3) is 4.40. The summed E-state index contributed by atoms with van der Waals surface area (Å²) >= 11 is 0. The molecule has 4 rings (SSSR count). The van der Waals surface area contributed by atoms with Crippen LogP contribution in [-0.2, 0) is 14.3 Å². The molecule has 2 N–H and O–H groups in total. The monoisotopic (exact) mass is 502 g/mol. The lowest BCUT2D eigenvalue weighted by Gasteiger charge is -2.62. The van der Waals surface area contributed by atoms with E-state index in [4.69, 9.17) is 9.84 Å². The highest BCUT2D eigenvalue weighted by Gasteiger charge is 2.65. The Bertz CT molecular complexity index is 845. The summed E-state index contributed by atoms with van der Waals surface area (Å²) in [5.74, 6) is -0.179. The number of carboxylic acid groups (broad SMARTS) is 1. The summed E-state index contributed by atoms with van der Waals surface area (Å²) in [7, 11) is 0. The standard InChI is InChI=1S/C27H41F3O5/c1-15(16(2)35-23(33)13-22(31)32)19-7-8-20-18-6-5-17-14-26(34,27(28,29)30)12-11-24(17,3)21(18)9-10-25(19,20)4/h15-21,34H,5-14H2,1-4H3,(H,31,32)/t15-,16-,17-,18+,19-,20+,21+,24+,25-,26-/m1/s1. The lowest BCUT2D eigenvalue weighted by Crippen LogP contribution is -2.59. The number of alkyl halides is 3. The van der Waals surface area contributed by atoms with Crippen molar-refractivity contribution in [3.63, 3.8) is 0 Å². The molecule has 0 aromatic heterocycles. The number of aliphatic hydroxyl groups is 1. The van der Waals surface area contributed by atoms with Crippen LogP contribution in [0.5, 0.6) is 0 Å². The second kappa shape index (κ2) is 8.91. The van der Waals surface area contributed by atoms with Crippen LogP contribution in [0.3, 0.4) is 0 Å². The first-order valence-corrected chi connectivity index (χ1v) is 13.3. The first-order valence-electron chi connectivity index (χ1n) is 13.3. The van der Waals surface area contributed by atoms with Gasteiger partial charge in [-0.2, -0.15) is 13.2 Å². The maximum absolute atomic E-state index is 13.6. The average molecular weight is 503 g/mol. The molecule has 0 bridgehead atoms. The van der Waals surface area contributed by atoms with Gasteiger partial charge in [-0.15, -0.1) is 0 Å². The van der Waals surface area contributed by atoms with E-state index in [9.17, 15) is 27.9 Å². The molecule has 0 amide bonds. The minimum absolute atomic E-state index is 0.0820. The minimum atomic E-state index is -4.57. The van der Waals surface area contributed by atoms with E-state index in [0.717, 1.165) is 38.5 Å². The highest BCUT2D eigenvalue weighted by molar-refractivity contribution is 5.90. The number of carboxylic acids is 1. The van der Waals surface area contributed by atoms with Gasteiger partial charge >= 0.3 is 18.1 Å². The predicted molar refractivity (Wildman–Crippen MR) is 123 cm³/mol. The molecule has 0 heterocycles. The second-order valence-corrected chi connectivity index (χ2v) is 12.7. The summed E-state index contributed by atoms with van der Waals surface area (Å²) in [6, 6.07) is 0. The van der Waals surface area contributed by atoms with E-state index in [-0.39, 0.29) is 41.6 Å². The van der Waals surface area contributed by atoms with Crippen LogP contribution in [0.15, 0.2) is 0 Å². The molecular formula is C27H41F3O5. The van der Waals surface area contributed by atoms with Crippen molar-refractivity contribution in [1.82, 2.24) is 0 Å². The summed E-state index contributed by atoms with van der Waals surface area (Å²) in [6.45, 7) is 8.49. The Hall–Kier alpha value is -1.31. The van der Waals surface area contributed by atoms with Crippen LogP contribution in [0, 0.1) is 46.3 Å². The van der Waals surface area contributed by atoms with E-state index in [1.807, 2.05) is 6.92 Å². The first-order chi connectivity index (χ1) is 16.1. The maximum Gasteiger partial charge on any atom is 0.417 e. The fourth-order valence-corrected chi connectivity index (χ4v) is 9.21. The molecule has 4 aliphatic carbocycles. The average Bonchev–Trinajstić information content (AvgIpc) is 3.09. The molecule has 4 fully saturated rings. The minimum Gasteiger partial charge on any atom is -0.481 e. The second-order valence-electron chi connectivity index (χ2n) is 12.7. The fourth-order valence-electron chi connectivity index (χ4n) is 9.21. The van der Waals surface area contributed by atoms with Crippen molar-refractivity contribution in [2.24, 2.45) is 46.3 Å². The molecule has 0 aliphatic heterocycles. The molecule has 0 radical (unpaired) electrons. The quantitative estimate of drug-likeness (QED) is 0.357. The number of rotatable bonds is 5. The molecule has 35 heavy (non-hydrogen) atoms. The molecule has 8 heteroatoms. The Morgan fingerprint density at radius 3 is 2.26 bits per heavy atom. The Kier molecular flexibility index (Phi) is 6.81. The predicted octanol–water partition coefficient (Wildman–Crippen LogP) is 5.98. The van der Waals surface area contributed by atoms with Crippen LogP contribution < -0.4 is 0 Å². The van der Waals surface area contributed by atoms with Gasteiger partial charge in [-0.05, 0) is 111 Å². The number of aliphatic carboxylic acids is 1. The van der Waals surface area contributed by atoms with E-state index in [2.05, 4.69) is 20.8 Å². The number of hydrogen-bond donors (Lipinski definition) is 2. The lowest BCUT2D eigenvalue weighted by molar-refractivity contribution is -0.290. The van der Waals surface area contributed by atoms with Crippen LogP contribution in [0.1, 0.15) is 91.9 Å². The molecule has 0 spiro atoms. The Morgan fingerprint density at radius 2 is 1.63 bits per heavy atom. The zero-order valence-electron chi connectivity index (χ0n) is 21.4. The molecule has 5 nitrogen and oxygen atoms in total. The van der Waals surface area contributed by atoms with Gasteiger partial charge in [-0.3, -0.25) is 9.59 Å². The normalized spacial score (nSPS) is 45.0. The number of carbonyl (C=O) groups is 2. The maximum atomic E-state index is 13.6. The van der Waals surface area contributed by atoms with E-state index in [0.29, 0.717) is 30.1 Å². The molecule has 10 atom stereocenters. The van der Waals surface area contributed by atoms with Crippen LogP contribution in [0.25, 0.3) is 0 Å². The summed E-state index contributed by atoms with van der Waals surface area (Å²) in [5.41, 5.74) is -2.63. The smallest absolute Gasteiger partial charge is 0.417 e. The third-order valence-electron chi connectivity index (χ3n) is 11.3. The summed E-state index contributed by atoms with van der Waals surface area (Å²) in [6.07, 6.45) is 0.252. The van der Waals surface area contributed by atoms with Gasteiger partial charge in [-0.1, -0.05) is 20.8 Å². The van der Waals surface area contributed by atoms with Crippen molar-refractivity contribution in [2.75, 3.05) is 0 Å². The highest BCUT2D eigenvalue weighted by Crippen LogP contribution is 2.69. The molecule has 4 aliphatic rings. The van der Waals surface area contributed by atoms with Crippen molar-refractivity contribution in [1.29, 1.82) is 0 Å². The van der Waals surface area contributed by atoms with Gasteiger partial charge < -0.3 is 14.9 Å². The van der Waals surface area contributed by atoms with E-state index in [1.165, 1.54) is 0 Å². The van der Waals surface area contributed by atoms with E-state index >= 15 is 0 Å². The van der Waals surface area contributed by atoms with Gasteiger partial charge in [0.15, 0.2) is 5.60 Å². The highest BCUT2D eigenvalue weighted by atomic mass is 19.4. The van der Waals surface area contributed by atoms with Crippen molar-refractivity contribution >= 4 is 11.9 Å². The molecule has 0 saturated heterocycles. The van der Waals surface area contributed by atoms with Gasteiger partial charge in [0.1, 0.15) is 12.5 Å². The van der Waals surface area contributed by atoms with Gasteiger partial charge in [0.05, 0.1) is 0 Å². The molecule has 0 unspecified atom stereocenters. The number of fused-ring (bicyclic) bond motifs is 5. The summed E-state index contributed by atoms with van der Waals surface area (Å²) in [5, 5.41) is 19.3. The van der Waals surface area contributed by atoms with Gasteiger partial charge in [0, 0.05) is 0 Å². The number of carbonyl (C=O) groups excluding carboxylic acids is 1. The number of ether oxygens (including phenoxy) is 1.